The van der Waals surface area contributed by atoms with Gasteiger partial charge in [0.05, 0.1) is 0 Å². The molecule has 0 N–H and O–H groups in total. The van der Waals surface area contributed by atoms with E-state index in [1.165, 1.54) is 4.90 Å². The van der Waals surface area contributed by atoms with Crippen molar-refractivity contribution >= 4 is 55.0 Å². The molecule has 1 aromatic carbocycles. The maximum absolute atomic E-state index is 4.32. The van der Waals surface area contributed by atoms with E-state index >= 15 is 0 Å². The van der Waals surface area contributed by atoms with Gasteiger partial charge in [-0.25, -0.2) is 4.98 Å². The summed E-state index contributed by atoms with van der Waals surface area (Å²) in [7, 11) is 0. The largest absolute Gasteiger partial charge is 0.222 e. The molecule has 1 nitrogen and oxygen atoms in total. The molecule has 5 heteroatoms. The maximum atomic E-state index is 4.32. The van der Waals surface area contributed by atoms with Gasteiger partial charge in [-0.05, 0) is 34.1 Å². The molecule has 0 aliphatic carbocycles. The zero-order chi connectivity index (χ0) is 9.97. The average Bonchev–Trinajstić information content (AvgIpc) is 2.51. The Morgan fingerprint density at radius 1 is 1.29 bits per heavy atom. The first kappa shape index (κ1) is 10.7. The molecule has 72 valence electrons. The van der Waals surface area contributed by atoms with Crippen molar-refractivity contribution in [2.75, 3.05) is 0 Å². The van der Waals surface area contributed by atoms with Gasteiger partial charge in [0.1, 0.15) is 4.60 Å². The van der Waals surface area contributed by atoms with E-state index in [1.54, 1.807) is 23.1 Å². The van der Waals surface area contributed by atoms with Crippen molar-refractivity contribution in [3.8, 4) is 0 Å². The molecule has 0 aliphatic rings. The Kier molecular flexibility index (Phi) is 3.65. The Hall–Kier alpha value is 0.160. The van der Waals surface area contributed by atoms with Gasteiger partial charge in [0.25, 0.3) is 0 Å². The minimum Gasteiger partial charge on any atom is -0.222 e. The Morgan fingerprint density at radius 3 is 2.79 bits per heavy atom. The summed E-state index contributed by atoms with van der Waals surface area (Å²) in [5.74, 6) is 0. The van der Waals surface area contributed by atoms with Crippen LogP contribution in [0, 0.1) is 0 Å². The summed E-state index contributed by atoms with van der Waals surface area (Å²) >= 11 is 10.1. The zero-order valence-corrected chi connectivity index (χ0v) is 11.7. The summed E-state index contributed by atoms with van der Waals surface area (Å²) in [6.07, 6.45) is 0. The van der Waals surface area contributed by atoms with E-state index in [9.17, 15) is 0 Å². The lowest BCUT2D eigenvalue weighted by molar-refractivity contribution is 1.21. The molecule has 14 heavy (non-hydrogen) atoms. The molecule has 0 saturated heterocycles. The summed E-state index contributed by atoms with van der Waals surface area (Å²) < 4.78 is 3.05. The number of halogens is 2. The Bertz CT molecular complexity index is 442. The molecule has 0 aliphatic heterocycles. The summed E-state index contributed by atoms with van der Waals surface area (Å²) in [5, 5.41) is 1.99. The Labute approximate surface area is 107 Å². The highest BCUT2D eigenvalue weighted by Crippen LogP contribution is 2.32. The summed E-state index contributed by atoms with van der Waals surface area (Å²) in [5.41, 5.74) is 0. The van der Waals surface area contributed by atoms with Crippen molar-refractivity contribution in [1.82, 2.24) is 4.98 Å². The van der Waals surface area contributed by atoms with Crippen LogP contribution in [0.15, 0.2) is 48.0 Å². The molecule has 1 aromatic heterocycles. The number of aromatic nitrogens is 1. The van der Waals surface area contributed by atoms with Crippen molar-refractivity contribution in [1.29, 1.82) is 0 Å². The molecule has 0 bridgehead atoms. The second kappa shape index (κ2) is 4.79. The number of benzene rings is 1. The SMILES string of the molecule is Brc1cccc(Sc2nc(Br)cs2)c1. The third-order valence-corrected chi connectivity index (χ3v) is 4.59. The molecule has 2 aromatic rings. The van der Waals surface area contributed by atoms with Crippen molar-refractivity contribution in [2.45, 2.75) is 9.24 Å². The van der Waals surface area contributed by atoms with E-state index < -0.39 is 0 Å². The zero-order valence-electron chi connectivity index (χ0n) is 6.91. The van der Waals surface area contributed by atoms with Crippen molar-refractivity contribution in [3.05, 3.63) is 38.7 Å². The number of hydrogen-bond donors (Lipinski definition) is 0. The van der Waals surface area contributed by atoms with Gasteiger partial charge in [-0.2, -0.15) is 0 Å². The fraction of sp³-hybridized carbons (Fsp3) is 0. The molecular weight excluding hydrogens is 346 g/mol. The fourth-order valence-electron chi connectivity index (χ4n) is 0.917. The standard InChI is InChI=1S/C9H5Br2NS2/c10-6-2-1-3-7(4-6)14-9-12-8(11)5-13-9/h1-5H. The molecule has 0 radical (unpaired) electrons. The molecule has 0 spiro atoms. The number of nitrogens with zero attached hydrogens (tertiary/aromatic N) is 1. The maximum Gasteiger partial charge on any atom is 0.155 e. The van der Waals surface area contributed by atoms with Crippen molar-refractivity contribution < 1.29 is 0 Å². The lowest BCUT2D eigenvalue weighted by Crippen LogP contribution is -1.72. The molecule has 0 unspecified atom stereocenters. The van der Waals surface area contributed by atoms with Crippen molar-refractivity contribution in [2.24, 2.45) is 0 Å². The third-order valence-electron chi connectivity index (χ3n) is 1.46. The summed E-state index contributed by atoms with van der Waals surface area (Å²) in [6.45, 7) is 0. The molecule has 2 rings (SSSR count). The van der Waals surface area contributed by atoms with E-state index in [2.05, 4.69) is 49.0 Å². The average molecular weight is 351 g/mol. The fourth-order valence-corrected chi connectivity index (χ4v) is 3.87. The van der Waals surface area contributed by atoms with Crippen LogP contribution in [0.1, 0.15) is 0 Å². The van der Waals surface area contributed by atoms with Gasteiger partial charge in [0, 0.05) is 14.7 Å². The van der Waals surface area contributed by atoms with Gasteiger partial charge in [-0.3, -0.25) is 0 Å². The first-order chi connectivity index (χ1) is 6.74. The lowest BCUT2D eigenvalue weighted by Gasteiger charge is -1.97. The lowest BCUT2D eigenvalue weighted by atomic mass is 10.4. The van der Waals surface area contributed by atoms with E-state index in [1.807, 2.05) is 17.5 Å². The van der Waals surface area contributed by atoms with Crippen LogP contribution in [0.4, 0.5) is 0 Å². The van der Waals surface area contributed by atoms with Crippen LogP contribution < -0.4 is 0 Å². The van der Waals surface area contributed by atoms with Crippen LogP contribution in [0.5, 0.6) is 0 Å². The third kappa shape index (κ3) is 2.82. The topological polar surface area (TPSA) is 12.9 Å². The second-order valence-corrected chi connectivity index (χ2v) is 6.40. The van der Waals surface area contributed by atoms with Gasteiger partial charge in [0.15, 0.2) is 4.34 Å². The second-order valence-electron chi connectivity index (χ2n) is 2.50. The Morgan fingerprint density at radius 2 is 2.14 bits per heavy atom. The van der Waals surface area contributed by atoms with E-state index in [0.717, 1.165) is 13.4 Å². The molecule has 1 heterocycles. The van der Waals surface area contributed by atoms with E-state index in [-0.39, 0.29) is 0 Å². The smallest absolute Gasteiger partial charge is 0.155 e. The molecule has 0 amide bonds. The summed E-state index contributed by atoms with van der Waals surface area (Å²) in [6, 6.07) is 8.20. The Balaban J connectivity index is 2.18. The number of rotatable bonds is 2. The molecule has 0 fully saturated rings. The molecule has 0 saturated carbocycles. The molecular formula is C9H5Br2NS2. The minimum absolute atomic E-state index is 0.903. The first-order valence-electron chi connectivity index (χ1n) is 3.78. The van der Waals surface area contributed by atoms with Gasteiger partial charge >= 0.3 is 0 Å². The van der Waals surface area contributed by atoms with Crippen molar-refractivity contribution in [3.63, 3.8) is 0 Å². The van der Waals surface area contributed by atoms with E-state index in [0.29, 0.717) is 0 Å². The van der Waals surface area contributed by atoms with Crippen LogP contribution in [0.2, 0.25) is 0 Å². The highest BCUT2D eigenvalue weighted by Gasteiger charge is 2.02. The van der Waals surface area contributed by atoms with Crippen LogP contribution in [-0.4, -0.2) is 4.98 Å². The number of thiazole rings is 1. The highest BCUT2D eigenvalue weighted by molar-refractivity contribution is 9.10. The van der Waals surface area contributed by atoms with Crippen LogP contribution in [0.25, 0.3) is 0 Å². The van der Waals surface area contributed by atoms with Crippen LogP contribution in [-0.2, 0) is 0 Å². The van der Waals surface area contributed by atoms with Gasteiger partial charge in [0.2, 0.25) is 0 Å². The number of hydrogen-bond acceptors (Lipinski definition) is 3. The van der Waals surface area contributed by atoms with Crippen LogP contribution >= 0.6 is 55.0 Å². The monoisotopic (exact) mass is 349 g/mol. The highest BCUT2D eigenvalue weighted by atomic mass is 79.9. The van der Waals surface area contributed by atoms with Crippen LogP contribution in [0.3, 0.4) is 0 Å². The first-order valence-corrected chi connectivity index (χ1v) is 7.07. The predicted molar refractivity (Wildman–Crippen MR) is 68.1 cm³/mol. The van der Waals surface area contributed by atoms with E-state index in [4.69, 9.17) is 0 Å². The predicted octanol–water partition coefficient (Wildman–Crippen LogP) is 4.82. The minimum atomic E-state index is 0.903. The normalized spacial score (nSPS) is 10.4. The van der Waals surface area contributed by atoms with Gasteiger partial charge in [-0.15, -0.1) is 11.3 Å². The van der Waals surface area contributed by atoms with Gasteiger partial charge in [-0.1, -0.05) is 33.8 Å². The van der Waals surface area contributed by atoms with Gasteiger partial charge < -0.3 is 0 Å². The quantitative estimate of drug-likeness (QED) is 0.770. The molecule has 0 atom stereocenters. The summed E-state index contributed by atoms with van der Waals surface area (Å²) in [4.78, 5) is 5.51.